The highest BCUT2D eigenvalue weighted by Crippen LogP contribution is 2.17. The Morgan fingerprint density at radius 1 is 1.33 bits per heavy atom. The molecule has 0 bridgehead atoms. The Balaban J connectivity index is 2.01. The van der Waals surface area contributed by atoms with Gasteiger partial charge in [-0.3, -0.25) is 15.5 Å². The number of hydrogen-bond acceptors (Lipinski definition) is 3. The van der Waals surface area contributed by atoms with Crippen molar-refractivity contribution in [1.82, 2.24) is 15.5 Å². The van der Waals surface area contributed by atoms with Gasteiger partial charge in [-0.25, -0.2) is 0 Å². The first kappa shape index (κ1) is 8.48. The molecule has 0 aromatic carbocycles. The normalized spacial score (nSPS) is 44.0. The molecule has 3 heteroatoms. The Hall–Kier alpha value is -0.120. The Kier molecular flexibility index (Phi) is 2.35. The predicted octanol–water partition coefficient (Wildman–Crippen LogP) is 0.336. The molecule has 70 valence electrons. The summed E-state index contributed by atoms with van der Waals surface area (Å²) < 4.78 is 0. The highest BCUT2D eigenvalue weighted by atomic mass is 15.4. The molecule has 2 rings (SSSR count). The first-order valence-electron chi connectivity index (χ1n) is 5.02. The Bertz CT molecular complexity index is 160. The van der Waals surface area contributed by atoms with Crippen molar-refractivity contribution in [2.75, 3.05) is 13.1 Å². The lowest BCUT2D eigenvalue weighted by atomic mass is 10.0. The minimum absolute atomic E-state index is 0.442. The molecule has 2 saturated heterocycles. The van der Waals surface area contributed by atoms with E-state index in [1.54, 1.807) is 0 Å². The van der Waals surface area contributed by atoms with E-state index >= 15 is 0 Å². The second-order valence-electron chi connectivity index (χ2n) is 4.10. The Morgan fingerprint density at radius 2 is 2.17 bits per heavy atom. The molecule has 0 aromatic rings. The molecule has 0 spiro atoms. The second kappa shape index (κ2) is 3.32. The molecular formula is C9H19N3. The average Bonchev–Trinajstić information content (AvgIpc) is 2.04. The molecule has 2 fully saturated rings. The average molecular weight is 169 g/mol. The summed E-state index contributed by atoms with van der Waals surface area (Å²) in [5, 5.41) is 7.06. The predicted molar refractivity (Wildman–Crippen MR) is 49.8 cm³/mol. The van der Waals surface area contributed by atoms with Crippen molar-refractivity contribution in [3.63, 3.8) is 0 Å². The molecule has 0 saturated carbocycles. The SMILES string of the molecule is CC1CC(C)N2CCCNC2N1. The topological polar surface area (TPSA) is 27.3 Å². The number of hydrogen-bond donors (Lipinski definition) is 2. The summed E-state index contributed by atoms with van der Waals surface area (Å²) in [5.74, 6) is 0. The van der Waals surface area contributed by atoms with Gasteiger partial charge < -0.3 is 0 Å². The molecule has 2 heterocycles. The summed E-state index contributed by atoms with van der Waals surface area (Å²) >= 11 is 0. The van der Waals surface area contributed by atoms with Gasteiger partial charge in [-0.1, -0.05) is 0 Å². The van der Waals surface area contributed by atoms with E-state index in [2.05, 4.69) is 29.4 Å². The summed E-state index contributed by atoms with van der Waals surface area (Å²) in [6, 6.07) is 1.39. The molecular weight excluding hydrogens is 150 g/mol. The van der Waals surface area contributed by atoms with Crippen LogP contribution in [-0.4, -0.2) is 36.4 Å². The van der Waals surface area contributed by atoms with Gasteiger partial charge in [0.1, 0.15) is 6.29 Å². The van der Waals surface area contributed by atoms with Gasteiger partial charge in [0, 0.05) is 18.6 Å². The van der Waals surface area contributed by atoms with Gasteiger partial charge in [0.25, 0.3) is 0 Å². The monoisotopic (exact) mass is 169 g/mol. The third-order valence-corrected chi connectivity index (χ3v) is 2.97. The number of nitrogens with one attached hydrogen (secondary N) is 2. The van der Waals surface area contributed by atoms with Crippen LogP contribution in [0, 0.1) is 0 Å². The van der Waals surface area contributed by atoms with Gasteiger partial charge in [0.05, 0.1) is 0 Å². The van der Waals surface area contributed by atoms with Crippen LogP contribution in [0.25, 0.3) is 0 Å². The number of rotatable bonds is 0. The zero-order chi connectivity index (χ0) is 8.55. The fourth-order valence-corrected chi connectivity index (χ4v) is 2.36. The molecule has 3 nitrogen and oxygen atoms in total. The lowest BCUT2D eigenvalue weighted by Gasteiger charge is -2.46. The van der Waals surface area contributed by atoms with Crippen LogP contribution in [0.4, 0.5) is 0 Å². The first-order valence-corrected chi connectivity index (χ1v) is 5.02. The van der Waals surface area contributed by atoms with Crippen LogP contribution < -0.4 is 10.6 Å². The van der Waals surface area contributed by atoms with Crippen LogP contribution in [-0.2, 0) is 0 Å². The summed E-state index contributed by atoms with van der Waals surface area (Å²) in [5.41, 5.74) is 0. The van der Waals surface area contributed by atoms with Crippen molar-refractivity contribution in [2.24, 2.45) is 0 Å². The van der Waals surface area contributed by atoms with Crippen molar-refractivity contribution in [3.05, 3.63) is 0 Å². The van der Waals surface area contributed by atoms with E-state index in [0.717, 1.165) is 12.6 Å². The van der Waals surface area contributed by atoms with Crippen molar-refractivity contribution in [3.8, 4) is 0 Å². The van der Waals surface area contributed by atoms with E-state index in [4.69, 9.17) is 0 Å². The molecule has 3 unspecified atom stereocenters. The highest BCUT2D eigenvalue weighted by molar-refractivity contribution is 4.86. The minimum Gasteiger partial charge on any atom is -0.289 e. The van der Waals surface area contributed by atoms with E-state index in [9.17, 15) is 0 Å². The molecule has 2 aliphatic heterocycles. The Morgan fingerprint density at radius 3 is 3.00 bits per heavy atom. The standard InChI is InChI=1S/C9H19N3/c1-7-6-8(2)12-5-3-4-10-9(12)11-7/h7-11H,3-6H2,1-2H3. The van der Waals surface area contributed by atoms with E-state index in [0.29, 0.717) is 12.3 Å². The van der Waals surface area contributed by atoms with Gasteiger partial charge in [-0.2, -0.15) is 0 Å². The summed E-state index contributed by atoms with van der Waals surface area (Å²) in [7, 11) is 0. The molecule has 0 radical (unpaired) electrons. The fourth-order valence-electron chi connectivity index (χ4n) is 2.36. The van der Waals surface area contributed by atoms with Crippen molar-refractivity contribution in [2.45, 2.75) is 45.1 Å². The third kappa shape index (κ3) is 1.49. The third-order valence-electron chi connectivity index (χ3n) is 2.97. The van der Waals surface area contributed by atoms with Crippen molar-refractivity contribution in [1.29, 1.82) is 0 Å². The van der Waals surface area contributed by atoms with E-state index < -0.39 is 0 Å². The van der Waals surface area contributed by atoms with Crippen molar-refractivity contribution >= 4 is 0 Å². The maximum Gasteiger partial charge on any atom is 0.114 e. The first-order chi connectivity index (χ1) is 5.77. The zero-order valence-electron chi connectivity index (χ0n) is 8.01. The van der Waals surface area contributed by atoms with Crippen LogP contribution in [0.3, 0.4) is 0 Å². The lowest BCUT2D eigenvalue weighted by molar-refractivity contribution is 0.0169. The van der Waals surface area contributed by atoms with Gasteiger partial charge in [0.2, 0.25) is 0 Å². The van der Waals surface area contributed by atoms with Gasteiger partial charge >= 0.3 is 0 Å². The minimum atomic E-state index is 0.442. The fraction of sp³-hybridized carbons (Fsp3) is 1.00. The lowest BCUT2D eigenvalue weighted by Crippen LogP contribution is -2.67. The highest BCUT2D eigenvalue weighted by Gasteiger charge is 2.31. The number of fused-ring (bicyclic) bond motifs is 1. The molecule has 3 atom stereocenters. The smallest absolute Gasteiger partial charge is 0.114 e. The molecule has 2 aliphatic rings. The zero-order valence-corrected chi connectivity index (χ0v) is 8.01. The molecule has 0 aromatic heterocycles. The van der Waals surface area contributed by atoms with Crippen LogP contribution in [0.5, 0.6) is 0 Å². The van der Waals surface area contributed by atoms with Gasteiger partial charge in [0.15, 0.2) is 0 Å². The summed E-state index contributed by atoms with van der Waals surface area (Å²) in [4.78, 5) is 2.53. The summed E-state index contributed by atoms with van der Waals surface area (Å²) in [6.07, 6.45) is 3.01. The van der Waals surface area contributed by atoms with Gasteiger partial charge in [-0.05, 0) is 33.2 Å². The van der Waals surface area contributed by atoms with Crippen LogP contribution in [0.2, 0.25) is 0 Å². The van der Waals surface area contributed by atoms with E-state index in [-0.39, 0.29) is 0 Å². The van der Waals surface area contributed by atoms with E-state index in [1.165, 1.54) is 19.4 Å². The van der Waals surface area contributed by atoms with Crippen LogP contribution >= 0.6 is 0 Å². The summed E-state index contributed by atoms with van der Waals surface area (Å²) in [6.45, 7) is 7.01. The van der Waals surface area contributed by atoms with Crippen molar-refractivity contribution < 1.29 is 0 Å². The largest absolute Gasteiger partial charge is 0.289 e. The quantitative estimate of drug-likeness (QED) is 0.547. The van der Waals surface area contributed by atoms with Crippen LogP contribution in [0.1, 0.15) is 26.7 Å². The Labute approximate surface area is 74.5 Å². The molecule has 0 aliphatic carbocycles. The maximum atomic E-state index is 3.56. The molecule has 2 N–H and O–H groups in total. The van der Waals surface area contributed by atoms with E-state index in [1.807, 2.05) is 0 Å². The molecule has 0 amide bonds. The number of nitrogens with zero attached hydrogens (tertiary/aromatic N) is 1. The maximum absolute atomic E-state index is 3.56. The second-order valence-corrected chi connectivity index (χ2v) is 4.10. The molecule has 12 heavy (non-hydrogen) atoms. The van der Waals surface area contributed by atoms with Crippen LogP contribution in [0.15, 0.2) is 0 Å². The van der Waals surface area contributed by atoms with Gasteiger partial charge in [-0.15, -0.1) is 0 Å².